The fourth-order valence-corrected chi connectivity index (χ4v) is 2.23. The molecule has 0 amide bonds. The Labute approximate surface area is 101 Å². The lowest BCUT2D eigenvalue weighted by Crippen LogP contribution is -1.88. The molecule has 4 heteroatoms. The summed E-state index contributed by atoms with van der Waals surface area (Å²) < 4.78 is 8.24. The molecule has 0 saturated carbocycles. The van der Waals surface area contributed by atoms with Crippen LogP contribution >= 0.6 is 15.9 Å². The molecule has 3 rings (SSSR count). The van der Waals surface area contributed by atoms with Gasteiger partial charge in [-0.15, -0.1) is 0 Å². The molecule has 16 heavy (non-hydrogen) atoms. The molecule has 0 radical (unpaired) electrons. The van der Waals surface area contributed by atoms with Gasteiger partial charge < -0.3 is 4.42 Å². The Kier molecular flexibility index (Phi) is 2.11. The number of nitrogens with zero attached hydrogens (tertiary/aromatic N) is 2. The van der Waals surface area contributed by atoms with Gasteiger partial charge in [0.25, 0.3) is 0 Å². The first-order valence-corrected chi connectivity index (χ1v) is 5.73. The van der Waals surface area contributed by atoms with Gasteiger partial charge in [0.05, 0.1) is 11.8 Å². The van der Waals surface area contributed by atoms with Crippen molar-refractivity contribution >= 4 is 21.4 Å². The molecule has 0 atom stereocenters. The number of rotatable bonds is 1. The number of pyridine rings is 1. The van der Waals surface area contributed by atoms with Gasteiger partial charge in [-0.25, -0.2) is 4.98 Å². The molecule has 3 heterocycles. The van der Waals surface area contributed by atoms with Crippen LogP contribution in [0.3, 0.4) is 0 Å². The summed E-state index contributed by atoms with van der Waals surface area (Å²) in [6.07, 6.45) is 3.70. The van der Waals surface area contributed by atoms with Crippen LogP contribution in [0.2, 0.25) is 0 Å². The maximum absolute atomic E-state index is 5.38. The highest BCUT2D eigenvalue weighted by Crippen LogP contribution is 2.26. The van der Waals surface area contributed by atoms with Gasteiger partial charge in [-0.2, -0.15) is 0 Å². The van der Waals surface area contributed by atoms with Crippen molar-refractivity contribution in [3.8, 4) is 11.6 Å². The zero-order valence-electron chi connectivity index (χ0n) is 8.64. The summed E-state index contributed by atoms with van der Waals surface area (Å²) in [4.78, 5) is 4.46. The lowest BCUT2D eigenvalue weighted by Gasteiger charge is -1.99. The molecule has 3 aromatic rings. The van der Waals surface area contributed by atoms with Crippen molar-refractivity contribution in [1.82, 2.24) is 9.38 Å². The molecule has 0 spiro atoms. The van der Waals surface area contributed by atoms with Crippen LogP contribution in [-0.4, -0.2) is 9.38 Å². The third-order valence-corrected chi connectivity index (χ3v) is 3.07. The van der Waals surface area contributed by atoms with Crippen molar-refractivity contribution in [2.24, 2.45) is 0 Å². The van der Waals surface area contributed by atoms with Gasteiger partial charge in [0, 0.05) is 6.20 Å². The minimum absolute atomic E-state index is 0.770. The van der Waals surface area contributed by atoms with E-state index in [9.17, 15) is 0 Å². The van der Waals surface area contributed by atoms with E-state index >= 15 is 0 Å². The summed E-state index contributed by atoms with van der Waals surface area (Å²) in [7, 11) is 0. The first kappa shape index (κ1) is 9.66. The molecule has 0 bridgehead atoms. The van der Waals surface area contributed by atoms with E-state index in [2.05, 4.69) is 33.9 Å². The van der Waals surface area contributed by atoms with Gasteiger partial charge in [-0.05, 0) is 46.6 Å². The Morgan fingerprint density at radius 3 is 2.94 bits per heavy atom. The van der Waals surface area contributed by atoms with E-state index in [-0.39, 0.29) is 0 Å². The van der Waals surface area contributed by atoms with Gasteiger partial charge in [-0.3, -0.25) is 4.40 Å². The molecule has 0 fully saturated rings. The Morgan fingerprint density at radius 2 is 2.19 bits per heavy atom. The molecule has 0 aliphatic carbocycles. The van der Waals surface area contributed by atoms with Crippen LogP contribution < -0.4 is 0 Å². The van der Waals surface area contributed by atoms with E-state index in [0.29, 0.717) is 0 Å². The minimum Gasteiger partial charge on any atom is -0.461 e. The van der Waals surface area contributed by atoms with Gasteiger partial charge in [-0.1, -0.05) is 6.07 Å². The minimum atomic E-state index is 0.770. The van der Waals surface area contributed by atoms with Crippen LogP contribution in [-0.2, 0) is 0 Å². The molecule has 0 aliphatic heterocycles. The second-order valence-corrected chi connectivity index (χ2v) is 4.42. The van der Waals surface area contributed by atoms with Crippen LogP contribution in [0.5, 0.6) is 0 Å². The molecule has 0 saturated heterocycles. The molecule has 3 aromatic heterocycles. The SMILES string of the molecule is Cc1ccc2c(Br)nc(-c3ccco3)n2c1. The molecular weight excluding hydrogens is 268 g/mol. The number of fused-ring (bicyclic) bond motifs is 1. The number of furan rings is 1. The molecule has 3 nitrogen and oxygen atoms in total. The quantitative estimate of drug-likeness (QED) is 0.679. The fraction of sp³-hybridized carbons (Fsp3) is 0.0833. The largest absolute Gasteiger partial charge is 0.461 e. The monoisotopic (exact) mass is 276 g/mol. The van der Waals surface area contributed by atoms with Gasteiger partial charge >= 0.3 is 0 Å². The van der Waals surface area contributed by atoms with Crippen molar-refractivity contribution in [3.05, 3.63) is 46.9 Å². The lowest BCUT2D eigenvalue weighted by atomic mass is 10.3. The van der Waals surface area contributed by atoms with Crippen molar-refractivity contribution in [2.75, 3.05) is 0 Å². The number of hydrogen-bond acceptors (Lipinski definition) is 2. The summed E-state index contributed by atoms with van der Waals surface area (Å²) in [6, 6.07) is 7.87. The standard InChI is InChI=1S/C12H9BrN2O/c1-8-4-5-9-11(13)14-12(15(9)7-8)10-3-2-6-16-10/h2-7H,1H3. The van der Waals surface area contributed by atoms with Gasteiger partial charge in [0.1, 0.15) is 4.60 Å². The van der Waals surface area contributed by atoms with E-state index in [1.165, 1.54) is 5.56 Å². The molecule has 0 aromatic carbocycles. The molecule has 80 valence electrons. The average molecular weight is 277 g/mol. The Morgan fingerprint density at radius 1 is 1.31 bits per heavy atom. The second kappa shape index (κ2) is 3.49. The van der Waals surface area contributed by atoms with Crippen LogP contribution in [0.25, 0.3) is 17.1 Å². The molecule has 0 N–H and O–H groups in total. The van der Waals surface area contributed by atoms with E-state index in [1.807, 2.05) is 28.8 Å². The summed E-state index contributed by atoms with van der Waals surface area (Å²) in [5.74, 6) is 1.59. The lowest BCUT2D eigenvalue weighted by molar-refractivity contribution is 0.577. The van der Waals surface area contributed by atoms with E-state index in [1.54, 1.807) is 6.26 Å². The normalized spacial score (nSPS) is 11.1. The number of hydrogen-bond donors (Lipinski definition) is 0. The Bertz CT molecular complexity index is 640. The smallest absolute Gasteiger partial charge is 0.181 e. The second-order valence-electron chi connectivity index (χ2n) is 3.67. The van der Waals surface area contributed by atoms with E-state index in [0.717, 1.165) is 21.7 Å². The maximum Gasteiger partial charge on any atom is 0.181 e. The van der Waals surface area contributed by atoms with Crippen molar-refractivity contribution in [3.63, 3.8) is 0 Å². The Balaban J connectivity index is 2.37. The summed E-state index contributed by atoms with van der Waals surface area (Å²) in [5, 5.41) is 0. The van der Waals surface area contributed by atoms with Crippen molar-refractivity contribution in [1.29, 1.82) is 0 Å². The van der Waals surface area contributed by atoms with Crippen LogP contribution in [0.15, 0.2) is 45.7 Å². The zero-order valence-corrected chi connectivity index (χ0v) is 10.2. The Hall–Kier alpha value is -1.55. The maximum atomic E-state index is 5.38. The zero-order chi connectivity index (χ0) is 11.1. The predicted molar refractivity (Wildman–Crippen MR) is 65.3 cm³/mol. The highest BCUT2D eigenvalue weighted by atomic mass is 79.9. The number of aromatic nitrogens is 2. The van der Waals surface area contributed by atoms with Gasteiger partial charge in [0.15, 0.2) is 11.6 Å². The molecule has 0 unspecified atom stereocenters. The highest BCUT2D eigenvalue weighted by Gasteiger charge is 2.12. The van der Waals surface area contributed by atoms with E-state index in [4.69, 9.17) is 4.42 Å². The first-order valence-electron chi connectivity index (χ1n) is 4.94. The van der Waals surface area contributed by atoms with Gasteiger partial charge in [0.2, 0.25) is 0 Å². The molecule has 0 aliphatic rings. The molecular formula is C12H9BrN2O. The number of halogens is 1. The van der Waals surface area contributed by atoms with Crippen LogP contribution in [0.4, 0.5) is 0 Å². The van der Waals surface area contributed by atoms with Crippen LogP contribution in [0, 0.1) is 6.92 Å². The summed E-state index contributed by atoms with van der Waals surface area (Å²) >= 11 is 3.45. The topological polar surface area (TPSA) is 30.4 Å². The summed E-state index contributed by atoms with van der Waals surface area (Å²) in [5.41, 5.74) is 2.22. The predicted octanol–water partition coefficient (Wildman–Crippen LogP) is 3.67. The third kappa shape index (κ3) is 1.38. The summed E-state index contributed by atoms with van der Waals surface area (Å²) in [6.45, 7) is 2.05. The third-order valence-electron chi connectivity index (χ3n) is 2.48. The number of imidazole rings is 1. The van der Waals surface area contributed by atoms with Crippen LogP contribution in [0.1, 0.15) is 5.56 Å². The number of aryl methyl sites for hydroxylation is 1. The first-order chi connectivity index (χ1) is 7.75. The van der Waals surface area contributed by atoms with Crippen molar-refractivity contribution in [2.45, 2.75) is 6.92 Å². The highest BCUT2D eigenvalue weighted by molar-refractivity contribution is 9.10. The van der Waals surface area contributed by atoms with E-state index < -0.39 is 0 Å². The fourth-order valence-electron chi connectivity index (χ4n) is 1.73. The average Bonchev–Trinajstić information content (AvgIpc) is 2.86. The van der Waals surface area contributed by atoms with Crippen molar-refractivity contribution < 1.29 is 4.42 Å².